The highest BCUT2D eigenvalue weighted by Crippen LogP contribution is 2.26. The van der Waals surface area contributed by atoms with Crippen LogP contribution < -0.4 is 5.32 Å². The van der Waals surface area contributed by atoms with Crippen molar-refractivity contribution in [3.05, 3.63) is 99.0 Å². The maximum atomic E-state index is 13.7. The van der Waals surface area contributed by atoms with E-state index < -0.39 is 11.6 Å². The Morgan fingerprint density at radius 3 is 2.21 bits per heavy atom. The first-order valence-corrected chi connectivity index (χ1v) is 14.6. The zero-order valence-corrected chi connectivity index (χ0v) is 24.9. The van der Waals surface area contributed by atoms with Crippen LogP contribution >= 0.6 is 46.6 Å². The van der Waals surface area contributed by atoms with Crippen LogP contribution in [0.25, 0.3) is 0 Å². The van der Waals surface area contributed by atoms with Gasteiger partial charge in [0.1, 0.15) is 6.04 Å². The van der Waals surface area contributed by atoms with Gasteiger partial charge in [-0.05, 0) is 80.5 Å². The fourth-order valence-corrected chi connectivity index (χ4v) is 5.38. The zero-order valence-electron chi connectivity index (χ0n) is 21.8. The highest BCUT2D eigenvalue weighted by molar-refractivity contribution is 7.99. The number of hydrogen-bond acceptors (Lipinski definition) is 3. The average Bonchev–Trinajstić information content (AvgIpc) is 2.85. The van der Waals surface area contributed by atoms with Crippen LogP contribution in [-0.4, -0.2) is 34.0 Å². The first-order valence-electron chi connectivity index (χ1n) is 12.5. The van der Waals surface area contributed by atoms with Crippen molar-refractivity contribution in [1.29, 1.82) is 0 Å². The van der Waals surface area contributed by atoms with Gasteiger partial charge in [0.05, 0.1) is 0 Å². The van der Waals surface area contributed by atoms with Gasteiger partial charge < -0.3 is 10.2 Å². The van der Waals surface area contributed by atoms with Gasteiger partial charge in [0, 0.05) is 44.9 Å². The minimum atomic E-state index is -0.709. The molecule has 0 bridgehead atoms. The molecule has 0 radical (unpaired) electrons. The minimum absolute atomic E-state index is 0.0993. The average molecular weight is 592 g/mol. The summed E-state index contributed by atoms with van der Waals surface area (Å²) in [5.74, 6) is 0.466. The third kappa shape index (κ3) is 9.85. The molecule has 0 fully saturated rings. The molecule has 38 heavy (non-hydrogen) atoms. The maximum absolute atomic E-state index is 13.7. The number of nitrogens with zero attached hydrogens (tertiary/aromatic N) is 1. The fourth-order valence-electron chi connectivity index (χ4n) is 3.93. The molecule has 3 aromatic rings. The zero-order chi connectivity index (χ0) is 27.7. The second kappa shape index (κ2) is 14.3. The first-order chi connectivity index (χ1) is 18.0. The van der Waals surface area contributed by atoms with Crippen molar-refractivity contribution in [3.63, 3.8) is 0 Å². The van der Waals surface area contributed by atoms with E-state index in [1.54, 1.807) is 28.8 Å². The standard InChI is InChI=1S/C30H33Cl3N2O2S/c1-30(2,3)34-29(37)27(18-21-8-5-4-6-9-21)35(20-22-11-12-24(32)19-26(22)33)28(36)10-7-17-38-25-15-13-23(31)14-16-25/h4-6,8-9,11-16,19,27H,7,10,17-18,20H2,1-3H3,(H,34,37)/t27-/m1/s1. The third-order valence-electron chi connectivity index (χ3n) is 5.74. The number of thioether (sulfide) groups is 1. The second-order valence-corrected chi connectivity index (χ2v) is 12.6. The Kier molecular flexibility index (Phi) is 11.4. The number of nitrogens with one attached hydrogen (secondary N) is 1. The first kappa shape index (κ1) is 30.4. The van der Waals surface area contributed by atoms with Crippen molar-refractivity contribution in [3.8, 4) is 0 Å². The maximum Gasteiger partial charge on any atom is 0.243 e. The number of halogens is 3. The highest BCUT2D eigenvalue weighted by Gasteiger charge is 2.32. The summed E-state index contributed by atoms with van der Waals surface area (Å²) in [4.78, 5) is 30.1. The summed E-state index contributed by atoms with van der Waals surface area (Å²) in [6, 6.07) is 21.9. The van der Waals surface area contributed by atoms with Gasteiger partial charge in [0.25, 0.3) is 0 Å². The molecule has 0 aliphatic heterocycles. The number of carbonyl (C=O) groups is 2. The normalized spacial score (nSPS) is 12.2. The van der Waals surface area contributed by atoms with E-state index in [-0.39, 0.29) is 18.4 Å². The van der Waals surface area contributed by atoms with Crippen LogP contribution in [0.1, 0.15) is 44.7 Å². The highest BCUT2D eigenvalue weighted by atomic mass is 35.5. The van der Waals surface area contributed by atoms with Gasteiger partial charge in [0.15, 0.2) is 0 Å². The molecule has 1 atom stereocenters. The van der Waals surface area contributed by atoms with Crippen LogP contribution in [0.2, 0.25) is 15.1 Å². The second-order valence-electron chi connectivity index (χ2n) is 10.1. The summed E-state index contributed by atoms with van der Waals surface area (Å²) in [6.45, 7) is 6.00. The van der Waals surface area contributed by atoms with Gasteiger partial charge in [0.2, 0.25) is 11.8 Å². The summed E-state index contributed by atoms with van der Waals surface area (Å²) in [5, 5.41) is 4.75. The number of rotatable bonds is 11. The smallest absolute Gasteiger partial charge is 0.243 e. The van der Waals surface area contributed by atoms with Crippen LogP contribution in [0.15, 0.2) is 77.7 Å². The quantitative estimate of drug-likeness (QED) is 0.181. The van der Waals surface area contributed by atoms with E-state index in [0.29, 0.717) is 34.3 Å². The van der Waals surface area contributed by atoms with Gasteiger partial charge in [-0.1, -0.05) is 71.2 Å². The predicted octanol–water partition coefficient (Wildman–Crippen LogP) is 8.07. The Morgan fingerprint density at radius 2 is 1.58 bits per heavy atom. The van der Waals surface area contributed by atoms with Crippen LogP contribution in [0.3, 0.4) is 0 Å². The molecule has 1 N–H and O–H groups in total. The Labute approximate surface area is 245 Å². The Hall–Kier alpha value is -2.18. The van der Waals surface area contributed by atoms with E-state index in [0.717, 1.165) is 21.8 Å². The molecule has 3 rings (SSSR count). The minimum Gasteiger partial charge on any atom is -0.350 e. The molecule has 0 saturated heterocycles. The Bertz CT molecular complexity index is 1210. The van der Waals surface area contributed by atoms with E-state index in [1.165, 1.54) is 0 Å². The molecule has 0 unspecified atom stereocenters. The van der Waals surface area contributed by atoms with E-state index in [1.807, 2.05) is 81.4 Å². The van der Waals surface area contributed by atoms with Crippen LogP contribution in [-0.2, 0) is 22.6 Å². The molecule has 0 spiro atoms. The lowest BCUT2D eigenvalue weighted by Gasteiger charge is -2.34. The molecule has 0 aliphatic carbocycles. The SMILES string of the molecule is CC(C)(C)NC(=O)[C@@H](Cc1ccccc1)N(Cc1ccc(Cl)cc1Cl)C(=O)CCCSc1ccc(Cl)cc1. The third-order valence-corrected chi connectivity index (χ3v) is 7.68. The van der Waals surface area contributed by atoms with Crippen LogP contribution in [0, 0.1) is 0 Å². The van der Waals surface area contributed by atoms with Crippen molar-refractivity contribution in [1.82, 2.24) is 10.2 Å². The molecule has 0 heterocycles. The summed E-state index contributed by atoms with van der Waals surface area (Å²) in [5.41, 5.74) is 1.26. The number of benzene rings is 3. The summed E-state index contributed by atoms with van der Waals surface area (Å²) in [6.07, 6.45) is 1.36. The molecule has 0 saturated carbocycles. The molecule has 4 nitrogen and oxygen atoms in total. The van der Waals surface area contributed by atoms with E-state index in [4.69, 9.17) is 34.8 Å². The summed E-state index contributed by atoms with van der Waals surface area (Å²) < 4.78 is 0. The summed E-state index contributed by atoms with van der Waals surface area (Å²) >= 11 is 20.3. The molecule has 202 valence electrons. The lowest BCUT2D eigenvalue weighted by Crippen LogP contribution is -2.54. The van der Waals surface area contributed by atoms with E-state index in [2.05, 4.69) is 5.32 Å². The predicted molar refractivity (Wildman–Crippen MR) is 160 cm³/mol. The lowest BCUT2D eigenvalue weighted by atomic mass is 10.00. The molecular weight excluding hydrogens is 559 g/mol. The topological polar surface area (TPSA) is 49.4 Å². The molecule has 2 amide bonds. The molecule has 0 aromatic heterocycles. The fraction of sp³-hybridized carbons (Fsp3) is 0.333. The van der Waals surface area contributed by atoms with Gasteiger partial charge in [-0.2, -0.15) is 0 Å². The Balaban J connectivity index is 1.84. The number of amides is 2. The van der Waals surface area contributed by atoms with Crippen molar-refractivity contribution in [2.24, 2.45) is 0 Å². The van der Waals surface area contributed by atoms with Crippen LogP contribution in [0.5, 0.6) is 0 Å². The van der Waals surface area contributed by atoms with Crippen molar-refractivity contribution < 1.29 is 9.59 Å². The summed E-state index contributed by atoms with van der Waals surface area (Å²) in [7, 11) is 0. The van der Waals surface area contributed by atoms with E-state index in [9.17, 15) is 9.59 Å². The monoisotopic (exact) mass is 590 g/mol. The van der Waals surface area contributed by atoms with Crippen molar-refractivity contribution >= 4 is 58.4 Å². The van der Waals surface area contributed by atoms with Gasteiger partial charge in [-0.15, -0.1) is 11.8 Å². The number of hydrogen-bond donors (Lipinski definition) is 1. The van der Waals surface area contributed by atoms with E-state index >= 15 is 0 Å². The molecular formula is C30H33Cl3N2O2S. The molecule has 3 aromatic carbocycles. The largest absolute Gasteiger partial charge is 0.350 e. The van der Waals surface area contributed by atoms with Gasteiger partial charge in [-0.25, -0.2) is 0 Å². The van der Waals surface area contributed by atoms with Gasteiger partial charge >= 0.3 is 0 Å². The van der Waals surface area contributed by atoms with Gasteiger partial charge in [-0.3, -0.25) is 9.59 Å². The molecule has 8 heteroatoms. The number of carbonyl (C=O) groups excluding carboxylic acids is 2. The molecule has 0 aliphatic rings. The Morgan fingerprint density at radius 1 is 0.921 bits per heavy atom. The van der Waals surface area contributed by atoms with Crippen molar-refractivity contribution in [2.45, 2.75) is 63.1 Å². The van der Waals surface area contributed by atoms with Crippen LogP contribution in [0.4, 0.5) is 0 Å². The lowest BCUT2D eigenvalue weighted by molar-refractivity contribution is -0.142. The van der Waals surface area contributed by atoms with Crippen molar-refractivity contribution in [2.75, 3.05) is 5.75 Å².